The smallest absolute Gasteiger partial charge is 0.208 e. The molecular weight excluding hydrogens is 465 g/mol. The topological polar surface area (TPSA) is 77.0 Å². The lowest BCUT2D eigenvalue weighted by Gasteiger charge is -2.37. The van der Waals surface area contributed by atoms with E-state index in [1.807, 2.05) is 6.92 Å². The fraction of sp³-hybridized carbons (Fsp3) is 0.588. The molecule has 0 aliphatic carbocycles. The van der Waals surface area contributed by atoms with Gasteiger partial charge < -0.3 is 15.1 Å². The molecule has 1 aliphatic heterocycles. The Morgan fingerprint density at radius 2 is 1.92 bits per heavy atom. The van der Waals surface area contributed by atoms with Crippen LogP contribution in [-0.4, -0.2) is 71.3 Å². The van der Waals surface area contributed by atoms with Crippen molar-refractivity contribution in [1.29, 1.82) is 0 Å². The van der Waals surface area contributed by atoms with Gasteiger partial charge in [-0.15, -0.1) is 24.0 Å². The number of hydrogen-bond acceptors (Lipinski definition) is 4. The SMILES string of the molecule is CCNC(=NCCNS(C)(=O)=O)N1CCN(c2cccc(C)c2)CC1.I. The summed E-state index contributed by atoms with van der Waals surface area (Å²) in [6.45, 7) is 9.33. The Morgan fingerprint density at radius 3 is 2.50 bits per heavy atom. The fourth-order valence-electron chi connectivity index (χ4n) is 2.82. The summed E-state index contributed by atoms with van der Waals surface area (Å²) < 4.78 is 24.7. The van der Waals surface area contributed by atoms with Crippen LogP contribution >= 0.6 is 24.0 Å². The molecule has 0 bridgehead atoms. The number of anilines is 1. The Hall–Kier alpha value is -1.07. The van der Waals surface area contributed by atoms with Gasteiger partial charge in [0.25, 0.3) is 0 Å². The lowest BCUT2D eigenvalue weighted by molar-refractivity contribution is 0.372. The van der Waals surface area contributed by atoms with Gasteiger partial charge in [-0.25, -0.2) is 13.1 Å². The summed E-state index contributed by atoms with van der Waals surface area (Å²) in [5.41, 5.74) is 2.53. The first-order chi connectivity index (χ1) is 11.9. The lowest BCUT2D eigenvalue weighted by atomic mass is 10.2. The number of piperazine rings is 1. The van der Waals surface area contributed by atoms with Crippen LogP contribution in [0.3, 0.4) is 0 Å². The minimum Gasteiger partial charge on any atom is -0.368 e. The number of hydrogen-bond donors (Lipinski definition) is 2. The Bertz CT molecular complexity index is 688. The number of nitrogens with zero attached hydrogens (tertiary/aromatic N) is 3. The van der Waals surface area contributed by atoms with E-state index in [0.29, 0.717) is 13.1 Å². The summed E-state index contributed by atoms with van der Waals surface area (Å²) in [5, 5.41) is 3.29. The van der Waals surface area contributed by atoms with Crippen molar-refractivity contribution in [1.82, 2.24) is 14.9 Å². The Morgan fingerprint density at radius 1 is 1.23 bits per heavy atom. The van der Waals surface area contributed by atoms with Gasteiger partial charge in [0.1, 0.15) is 0 Å². The third-order valence-corrected chi connectivity index (χ3v) is 4.75. The number of benzene rings is 1. The van der Waals surface area contributed by atoms with Gasteiger partial charge in [-0.3, -0.25) is 4.99 Å². The van der Waals surface area contributed by atoms with Crippen LogP contribution in [-0.2, 0) is 10.0 Å². The van der Waals surface area contributed by atoms with Crippen molar-refractivity contribution in [3.8, 4) is 0 Å². The van der Waals surface area contributed by atoms with Gasteiger partial charge in [0.2, 0.25) is 10.0 Å². The first-order valence-corrected chi connectivity index (χ1v) is 10.6. The van der Waals surface area contributed by atoms with Gasteiger partial charge in [0.05, 0.1) is 12.8 Å². The summed E-state index contributed by atoms with van der Waals surface area (Å²) >= 11 is 0. The van der Waals surface area contributed by atoms with E-state index in [0.717, 1.165) is 44.9 Å². The minimum atomic E-state index is -3.16. The first-order valence-electron chi connectivity index (χ1n) is 8.68. The predicted octanol–water partition coefficient (Wildman–Crippen LogP) is 1.25. The van der Waals surface area contributed by atoms with Crippen molar-refractivity contribution in [2.75, 3.05) is 57.0 Å². The summed E-state index contributed by atoms with van der Waals surface area (Å²) in [4.78, 5) is 9.16. The maximum Gasteiger partial charge on any atom is 0.208 e. The maximum absolute atomic E-state index is 11.1. The molecular formula is C17H30IN5O2S. The molecule has 1 saturated heterocycles. The normalized spacial score (nSPS) is 15.6. The Balaban J connectivity index is 0.00000338. The predicted molar refractivity (Wildman–Crippen MR) is 119 cm³/mol. The van der Waals surface area contributed by atoms with E-state index >= 15 is 0 Å². The van der Waals surface area contributed by atoms with Crippen LogP contribution in [0.25, 0.3) is 0 Å². The third-order valence-electron chi connectivity index (χ3n) is 4.02. The van der Waals surface area contributed by atoms with Gasteiger partial charge in [0.15, 0.2) is 5.96 Å². The zero-order valence-electron chi connectivity index (χ0n) is 15.7. The number of guanidine groups is 1. The van der Waals surface area contributed by atoms with E-state index in [9.17, 15) is 8.42 Å². The second-order valence-electron chi connectivity index (χ2n) is 6.22. The van der Waals surface area contributed by atoms with Crippen LogP contribution < -0.4 is 14.9 Å². The highest BCUT2D eigenvalue weighted by atomic mass is 127. The Labute approximate surface area is 174 Å². The fourth-order valence-corrected chi connectivity index (χ4v) is 3.28. The molecule has 9 heteroatoms. The molecule has 0 atom stereocenters. The second kappa shape index (κ2) is 10.9. The van der Waals surface area contributed by atoms with E-state index in [1.54, 1.807) is 0 Å². The average molecular weight is 495 g/mol. The van der Waals surface area contributed by atoms with Crippen molar-refractivity contribution in [2.24, 2.45) is 4.99 Å². The van der Waals surface area contributed by atoms with Crippen LogP contribution in [0.15, 0.2) is 29.3 Å². The van der Waals surface area contributed by atoms with Crippen molar-refractivity contribution in [3.63, 3.8) is 0 Å². The van der Waals surface area contributed by atoms with Gasteiger partial charge in [-0.1, -0.05) is 12.1 Å². The molecule has 0 unspecified atom stereocenters. The number of nitrogens with one attached hydrogen (secondary N) is 2. The number of aryl methyl sites for hydroxylation is 1. The molecule has 1 aliphatic rings. The van der Waals surface area contributed by atoms with Crippen LogP contribution in [0.4, 0.5) is 5.69 Å². The molecule has 26 heavy (non-hydrogen) atoms. The molecule has 1 heterocycles. The average Bonchev–Trinajstić information content (AvgIpc) is 2.57. The number of halogens is 1. The Kier molecular flexibility index (Phi) is 9.66. The molecule has 1 aromatic rings. The summed E-state index contributed by atoms with van der Waals surface area (Å²) in [6.07, 6.45) is 1.16. The van der Waals surface area contributed by atoms with E-state index in [-0.39, 0.29) is 24.0 Å². The van der Waals surface area contributed by atoms with Gasteiger partial charge >= 0.3 is 0 Å². The summed E-state index contributed by atoms with van der Waals surface area (Å²) in [6, 6.07) is 8.57. The van der Waals surface area contributed by atoms with E-state index in [4.69, 9.17) is 0 Å². The highest BCUT2D eigenvalue weighted by Crippen LogP contribution is 2.17. The highest BCUT2D eigenvalue weighted by Gasteiger charge is 2.19. The molecule has 148 valence electrons. The second-order valence-corrected chi connectivity index (χ2v) is 8.05. The lowest BCUT2D eigenvalue weighted by Crippen LogP contribution is -2.52. The maximum atomic E-state index is 11.1. The van der Waals surface area contributed by atoms with Crippen LogP contribution in [0.5, 0.6) is 0 Å². The van der Waals surface area contributed by atoms with Crippen molar-refractivity contribution in [2.45, 2.75) is 13.8 Å². The third kappa shape index (κ3) is 7.67. The molecule has 7 nitrogen and oxygen atoms in total. The minimum absolute atomic E-state index is 0. The van der Waals surface area contributed by atoms with E-state index < -0.39 is 10.0 Å². The van der Waals surface area contributed by atoms with Crippen molar-refractivity contribution >= 4 is 45.6 Å². The van der Waals surface area contributed by atoms with Gasteiger partial charge in [0, 0.05) is 45.0 Å². The van der Waals surface area contributed by atoms with Crippen molar-refractivity contribution < 1.29 is 8.42 Å². The molecule has 2 N–H and O–H groups in total. The number of rotatable bonds is 6. The molecule has 0 saturated carbocycles. The molecule has 0 amide bonds. The monoisotopic (exact) mass is 495 g/mol. The molecule has 1 aromatic carbocycles. The highest BCUT2D eigenvalue weighted by molar-refractivity contribution is 14.0. The number of aliphatic imine (C=N–C) groups is 1. The largest absolute Gasteiger partial charge is 0.368 e. The van der Waals surface area contributed by atoms with Crippen LogP contribution in [0, 0.1) is 6.92 Å². The zero-order chi connectivity index (χ0) is 18.3. The van der Waals surface area contributed by atoms with Gasteiger partial charge in [-0.2, -0.15) is 0 Å². The van der Waals surface area contributed by atoms with Crippen LogP contribution in [0.1, 0.15) is 12.5 Å². The summed E-state index contributed by atoms with van der Waals surface area (Å²) in [5.74, 6) is 0.849. The van der Waals surface area contributed by atoms with E-state index in [2.05, 4.69) is 56.0 Å². The number of sulfonamides is 1. The van der Waals surface area contributed by atoms with Gasteiger partial charge in [-0.05, 0) is 31.5 Å². The standard InChI is InChI=1S/C17H29N5O2S.HI/c1-4-18-17(19-8-9-20-25(3,23)24)22-12-10-21(11-13-22)16-7-5-6-15(2)14-16;/h5-7,14,20H,4,8-13H2,1-3H3,(H,18,19);1H. The quantitative estimate of drug-likeness (QED) is 0.269. The molecule has 0 spiro atoms. The first kappa shape index (κ1) is 23.0. The van der Waals surface area contributed by atoms with E-state index in [1.165, 1.54) is 11.3 Å². The molecule has 1 fully saturated rings. The molecule has 0 aromatic heterocycles. The zero-order valence-corrected chi connectivity index (χ0v) is 18.9. The summed E-state index contributed by atoms with van der Waals surface area (Å²) in [7, 11) is -3.16. The molecule has 2 rings (SSSR count). The molecule has 0 radical (unpaired) electrons. The van der Waals surface area contributed by atoms with Crippen molar-refractivity contribution in [3.05, 3.63) is 29.8 Å². The van der Waals surface area contributed by atoms with Crippen LogP contribution in [0.2, 0.25) is 0 Å².